The maximum atomic E-state index is 13.8. The van der Waals surface area contributed by atoms with Crippen LogP contribution < -0.4 is 4.90 Å². The molecule has 0 N–H and O–H groups in total. The van der Waals surface area contributed by atoms with E-state index in [0.29, 0.717) is 16.5 Å². The van der Waals surface area contributed by atoms with Gasteiger partial charge in [-0.25, -0.2) is 4.90 Å². The second-order valence-electron chi connectivity index (χ2n) is 8.95. The van der Waals surface area contributed by atoms with Crippen LogP contribution in [-0.4, -0.2) is 29.0 Å². The number of Topliss-reactive ketones (excluding diaryl/α,β-unsaturated/α-hetero) is 2. The molecule has 2 fully saturated rings. The van der Waals surface area contributed by atoms with E-state index in [2.05, 4.69) is 0 Å². The number of ketones is 2. The Balaban J connectivity index is 1.53. The highest BCUT2D eigenvalue weighted by atomic mass is 19.4. The largest absolute Gasteiger partial charge is 0.416 e. The zero-order valence-corrected chi connectivity index (χ0v) is 18.4. The van der Waals surface area contributed by atoms with Crippen LogP contribution in [0.5, 0.6) is 0 Å². The van der Waals surface area contributed by atoms with Gasteiger partial charge in [-0.05, 0) is 23.8 Å². The molecule has 3 aromatic rings. The normalized spacial score (nSPS) is 24.5. The Morgan fingerprint density at radius 2 is 1.36 bits per heavy atom. The minimum Gasteiger partial charge on any atom is -0.349 e. The van der Waals surface area contributed by atoms with E-state index in [-0.39, 0.29) is 16.8 Å². The van der Waals surface area contributed by atoms with Crippen molar-refractivity contribution in [1.29, 1.82) is 0 Å². The van der Waals surface area contributed by atoms with Crippen LogP contribution in [-0.2, 0) is 20.5 Å². The van der Waals surface area contributed by atoms with Gasteiger partial charge < -0.3 is 4.74 Å². The third kappa shape index (κ3) is 2.83. The first kappa shape index (κ1) is 22.4. The molecule has 36 heavy (non-hydrogen) atoms. The molecule has 0 radical (unpaired) electrons. The number of fused-ring (bicyclic) bond motifs is 3. The molecule has 0 saturated carbocycles. The summed E-state index contributed by atoms with van der Waals surface area (Å²) in [4.78, 5) is 55.4. The van der Waals surface area contributed by atoms with Crippen LogP contribution in [0, 0.1) is 11.8 Å². The Morgan fingerprint density at radius 3 is 1.97 bits per heavy atom. The SMILES string of the molecule is O=C1[C@@H]2[C@@H](C(=O)N1c1cccc(C(F)(F)F)c1)C1(O[C@H]2c2ccccc2)C(=O)c2ccccc2C1=O. The molecule has 1 spiro atoms. The van der Waals surface area contributed by atoms with Gasteiger partial charge in [0.15, 0.2) is 0 Å². The second kappa shape index (κ2) is 7.44. The molecule has 0 unspecified atom stereocenters. The van der Waals surface area contributed by atoms with E-state index in [1.54, 1.807) is 42.5 Å². The summed E-state index contributed by atoms with van der Waals surface area (Å²) in [6.45, 7) is 0. The second-order valence-corrected chi connectivity index (χ2v) is 8.95. The number of carbonyl (C=O) groups excluding carboxylic acids is 4. The van der Waals surface area contributed by atoms with Crippen LogP contribution in [0.2, 0.25) is 0 Å². The third-order valence-corrected chi connectivity index (χ3v) is 7.08. The van der Waals surface area contributed by atoms with Crippen LogP contribution in [0.3, 0.4) is 0 Å². The van der Waals surface area contributed by atoms with Crippen molar-refractivity contribution < 1.29 is 37.1 Å². The molecule has 2 heterocycles. The van der Waals surface area contributed by atoms with Crippen molar-refractivity contribution in [1.82, 2.24) is 0 Å². The van der Waals surface area contributed by atoms with Crippen LogP contribution in [0.15, 0.2) is 78.9 Å². The van der Waals surface area contributed by atoms with Crippen LogP contribution >= 0.6 is 0 Å². The van der Waals surface area contributed by atoms with E-state index in [0.717, 1.165) is 12.1 Å². The number of alkyl halides is 3. The standard InChI is InChI=1S/C27H16F3NO5/c28-27(29,30)15-9-6-10-16(13-15)31-24(34)19-20(25(31)35)26(36-21(19)14-7-2-1-3-8-14)22(32)17-11-4-5-12-18(17)23(26)33/h1-13,19-21H/t19-,20+,21+/m1/s1. The first-order valence-electron chi connectivity index (χ1n) is 11.1. The number of rotatable bonds is 2. The molecule has 3 aliphatic rings. The molecule has 9 heteroatoms. The van der Waals surface area contributed by atoms with E-state index < -0.39 is 58.7 Å². The topological polar surface area (TPSA) is 80.8 Å². The highest BCUT2D eigenvalue weighted by molar-refractivity contribution is 6.37. The lowest BCUT2D eigenvalue weighted by Gasteiger charge is -2.27. The molecule has 1 aliphatic carbocycles. The molecular formula is C27H16F3NO5. The number of halogens is 3. The fourth-order valence-electron chi connectivity index (χ4n) is 5.54. The number of ether oxygens (including phenoxy) is 1. The van der Waals surface area contributed by atoms with Gasteiger partial charge in [-0.1, -0.05) is 60.7 Å². The van der Waals surface area contributed by atoms with Gasteiger partial charge in [-0.15, -0.1) is 0 Å². The van der Waals surface area contributed by atoms with Crippen molar-refractivity contribution in [2.45, 2.75) is 17.9 Å². The lowest BCUT2D eigenvalue weighted by molar-refractivity contribution is -0.137. The summed E-state index contributed by atoms with van der Waals surface area (Å²) in [5.41, 5.74) is -2.98. The van der Waals surface area contributed by atoms with Crippen molar-refractivity contribution in [3.63, 3.8) is 0 Å². The summed E-state index contributed by atoms with van der Waals surface area (Å²) in [6, 6.07) is 18.2. The molecule has 3 atom stereocenters. The molecule has 3 aromatic carbocycles. The van der Waals surface area contributed by atoms with Gasteiger partial charge in [-0.3, -0.25) is 19.2 Å². The summed E-state index contributed by atoms with van der Waals surface area (Å²) in [7, 11) is 0. The Labute approximate surface area is 202 Å². The van der Waals surface area contributed by atoms with Crippen LogP contribution in [0.25, 0.3) is 0 Å². The first-order valence-corrected chi connectivity index (χ1v) is 11.1. The molecule has 6 nitrogen and oxygen atoms in total. The number of anilines is 1. The molecule has 2 saturated heterocycles. The summed E-state index contributed by atoms with van der Waals surface area (Å²) >= 11 is 0. The van der Waals surface area contributed by atoms with Crippen molar-refractivity contribution in [2.24, 2.45) is 11.8 Å². The zero-order chi connectivity index (χ0) is 25.4. The minimum absolute atomic E-state index is 0.0766. The van der Waals surface area contributed by atoms with E-state index >= 15 is 0 Å². The summed E-state index contributed by atoms with van der Waals surface area (Å²) in [6.07, 6.45) is -5.83. The van der Waals surface area contributed by atoms with Crippen molar-refractivity contribution in [3.8, 4) is 0 Å². The van der Waals surface area contributed by atoms with E-state index in [4.69, 9.17) is 4.74 Å². The first-order chi connectivity index (χ1) is 17.2. The Bertz CT molecular complexity index is 1430. The van der Waals surface area contributed by atoms with Crippen molar-refractivity contribution in [2.75, 3.05) is 4.90 Å². The lowest BCUT2D eigenvalue weighted by Crippen LogP contribution is -2.51. The number of hydrogen-bond donors (Lipinski definition) is 0. The summed E-state index contributed by atoms with van der Waals surface area (Å²) < 4.78 is 46.2. The quantitative estimate of drug-likeness (QED) is 0.392. The van der Waals surface area contributed by atoms with Crippen LogP contribution in [0.1, 0.15) is 37.9 Å². The predicted molar refractivity (Wildman–Crippen MR) is 119 cm³/mol. The minimum atomic E-state index is -4.70. The number of benzene rings is 3. The van der Waals surface area contributed by atoms with Gasteiger partial charge in [0.1, 0.15) is 0 Å². The highest BCUT2D eigenvalue weighted by Crippen LogP contribution is 2.57. The number of nitrogens with zero attached hydrogens (tertiary/aromatic N) is 1. The number of carbonyl (C=O) groups is 4. The van der Waals surface area contributed by atoms with Gasteiger partial charge in [-0.2, -0.15) is 13.2 Å². The van der Waals surface area contributed by atoms with Crippen molar-refractivity contribution in [3.05, 3.63) is 101 Å². The van der Waals surface area contributed by atoms with Crippen LogP contribution in [0.4, 0.5) is 18.9 Å². The molecular weight excluding hydrogens is 475 g/mol. The molecule has 2 aliphatic heterocycles. The Hall–Kier alpha value is -4.11. The smallest absolute Gasteiger partial charge is 0.349 e. The highest BCUT2D eigenvalue weighted by Gasteiger charge is 2.74. The molecule has 2 amide bonds. The average molecular weight is 491 g/mol. The molecule has 180 valence electrons. The van der Waals surface area contributed by atoms with Gasteiger partial charge in [0.2, 0.25) is 29.0 Å². The van der Waals surface area contributed by atoms with Gasteiger partial charge in [0.25, 0.3) is 0 Å². The van der Waals surface area contributed by atoms with Crippen molar-refractivity contribution >= 4 is 29.1 Å². The maximum Gasteiger partial charge on any atom is 0.416 e. The van der Waals surface area contributed by atoms with E-state index in [9.17, 15) is 32.3 Å². The average Bonchev–Trinajstić information content (AvgIpc) is 3.44. The Kier molecular flexibility index (Phi) is 4.62. The summed E-state index contributed by atoms with van der Waals surface area (Å²) in [5, 5.41) is 0. The Morgan fingerprint density at radius 1 is 0.750 bits per heavy atom. The third-order valence-electron chi connectivity index (χ3n) is 7.08. The van der Waals surface area contributed by atoms with E-state index in [1.165, 1.54) is 18.2 Å². The number of hydrogen-bond acceptors (Lipinski definition) is 5. The van der Waals surface area contributed by atoms with Gasteiger partial charge >= 0.3 is 6.18 Å². The molecule has 0 aromatic heterocycles. The zero-order valence-electron chi connectivity index (χ0n) is 18.4. The van der Waals surface area contributed by atoms with Gasteiger partial charge in [0.05, 0.1) is 29.2 Å². The maximum absolute atomic E-state index is 13.8. The lowest BCUT2D eigenvalue weighted by atomic mass is 9.77. The fraction of sp³-hybridized carbons (Fsp3) is 0.185. The monoisotopic (exact) mass is 491 g/mol. The fourth-order valence-corrected chi connectivity index (χ4v) is 5.54. The predicted octanol–water partition coefficient (Wildman–Crippen LogP) is 4.40. The van der Waals surface area contributed by atoms with E-state index in [1.807, 2.05) is 0 Å². The number of amides is 2. The van der Waals surface area contributed by atoms with Gasteiger partial charge in [0, 0.05) is 11.1 Å². The molecule has 0 bridgehead atoms. The summed E-state index contributed by atoms with van der Waals surface area (Å²) in [5.74, 6) is -6.05. The molecule has 6 rings (SSSR count). The number of imide groups is 1.